The molecule has 0 rings (SSSR count). The van der Waals surface area contributed by atoms with Gasteiger partial charge in [-0.25, -0.2) is 0 Å². The van der Waals surface area contributed by atoms with E-state index < -0.39 is 0 Å². The molecule has 0 bridgehead atoms. The molecule has 78 valence electrons. The molecule has 0 saturated carbocycles. The van der Waals surface area contributed by atoms with Crippen LogP contribution in [0.15, 0.2) is 28.9 Å². The van der Waals surface area contributed by atoms with Crippen molar-refractivity contribution in [2.24, 2.45) is 10.7 Å². The molecule has 4 nitrogen and oxygen atoms in total. The van der Waals surface area contributed by atoms with Crippen LogP contribution in [0.5, 0.6) is 0 Å². The highest BCUT2D eigenvalue weighted by Gasteiger charge is 2.02. The number of hydrogen-bond donors (Lipinski definition) is 3. The fourth-order valence-electron chi connectivity index (χ4n) is 0.963. The zero-order chi connectivity index (χ0) is 11.0. The standard InChI is InChI=1S/C10H17N3O/c1-3-4-8(11)7-9(12)10(13-2)5-6-14/h3-4,7,12,14H,5-6,11H2,1-2H3/b4-3-,8-7+,12-9?,13-10?. The van der Waals surface area contributed by atoms with Gasteiger partial charge in [0.05, 0.1) is 11.4 Å². The number of allylic oxidation sites excluding steroid dienone is 3. The average Bonchev–Trinajstić information content (AvgIpc) is 2.14. The molecule has 0 aliphatic carbocycles. The van der Waals surface area contributed by atoms with E-state index in [9.17, 15) is 0 Å². The maximum Gasteiger partial charge on any atom is 0.0771 e. The first-order valence-electron chi connectivity index (χ1n) is 4.41. The topological polar surface area (TPSA) is 82.5 Å². The van der Waals surface area contributed by atoms with Crippen molar-refractivity contribution in [1.82, 2.24) is 0 Å². The predicted molar refractivity (Wildman–Crippen MR) is 59.9 cm³/mol. The van der Waals surface area contributed by atoms with E-state index in [-0.39, 0.29) is 12.3 Å². The van der Waals surface area contributed by atoms with Crippen LogP contribution < -0.4 is 5.73 Å². The summed E-state index contributed by atoms with van der Waals surface area (Å²) in [5.41, 5.74) is 6.90. The Balaban J connectivity index is 4.53. The number of rotatable bonds is 5. The molecule has 0 radical (unpaired) electrons. The molecule has 0 amide bonds. The van der Waals surface area contributed by atoms with Crippen molar-refractivity contribution in [3.05, 3.63) is 23.9 Å². The highest BCUT2D eigenvalue weighted by molar-refractivity contribution is 6.45. The van der Waals surface area contributed by atoms with Crippen LogP contribution in [-0.2, 0) is 0 Å². The minimum absolute atomic E-state index is 0.00752. The van der Waals surface area contributed by atoms with Gasteiger partial charge in [0.2, 0.25) is 0 Å². The maximum absolute atomic E-state index is 8.71. The Labute approximate surface area is 84.4 Å². The molecule has 0 heterocycles. The van der Waals surface area contributed by atoms with Crippen LogP contribution in [-0.4, -0.2) is 30.2 Å². The van der Waals surface area contributed by atoms with Crippen LogP contribution in [0.2, 0.25) is 0 Å². The number of aliphatic hydroxyl groups is 1. The van der Waals surface area contributed by atoms with Gasteiger partial charge in [-0.3, -0.25) is 10.4 Å². The lowest BCUT2D eigenvalue weighted by molar-refractivity contribution is 0.307. The predicted octanol–water partition coefficient (Wildman–Crippen LogP) is 0.878. The number of nitrogens with one attached hydrogen (secondary N) is 1. The maximum atomic E-state index is 8.71. The van der Waals surface area contributed by atoms with Crippen molar-refractivity contribution in [3.8, 4) is 0 Å². The number of nitrogens with two attached hydrogens (primary N) is 1. The van der Waals surface area contributed by atoms with E-state index >= 15 is 0 Å². The van der Waals surface area contributed by atoms with Crippen molar-refractivity contribution < 1.29 is 5.11 Å². The van der Waals surface area contributed by atoms with Gasteiger partial charge in [-0.05, 0) is 19.1 Å². The van der Waals surface area contributed by atoms with Crippen LogP contribution in [0.3, 0.4) is 0 Å². The van der Waals surface area contributed by atoms with Crippen molar-refractivity contribution in [1.29, 1.82) is 5.41 Å². The third-order valence-corrected chi connectivity index (χ3v) is 1.60. The molecule has 0 atom stereocenters. The van der Waals surface area contributed by atoms with Crippen molar-refractivity contribution in [2.75, 3.05) is 13.7 Å². The molecule has 0 aliphatic heterocycles. The van der Waals surface area contributed by atoms with E-state index in [1.54, 1.807) is 19.2 Å². The molecule has 0 fully saturated rings. The molecule has 4 heteroatoms. The van der Waals surface area contributed by atoms with E-state index in [1.807, 2.05) is 6.92 Å². The largest absolute Gasteiger partial charge is 0.399 e. The molecule has 14 heavy (non-hydrogen) atoms. The molecular weight excluding hydrogens is 178 g/mol. The summed E-state index contributed by atoms with van der Waals surface area (Å²) in [4.78, 5) is 3.90. The van der Waals surface area contributed by atoms with Gasteiger partial charge in [0.25, 0.3) is 0 Å². The van der Waals surface area contributed by atoms with Crippen LogP contribution in [0.4, 0.5) is 0 Å². The van der Waals surface area contributed by atoms with E-state index in [1.165, 1.54) is 6.08 Å². The van der Waals surface area contributed by atoms with Crippen LogP contribution in [0, 0.1) is 5.41 Å². The molecular formula is C10H17N3O. The van der Waals surface area contributed by atoms with Gasteiger partial charge in [-0.2, -0.15) is 0 Å². The summed E-state index contributed by atoms with van der Waals surface area (Å²) in [6, 6.07) is 0. The van der Waals surface area contributed by atoms with Gasteiger partial charge >= 0.3 is 0 Å². The fourth-order valence-corrected chi connectivity index (χ4v) is 0.963. The molecule has 0 aliphatic rings. The second-order valence-electron chi connectivity index (χ2n) is 2.70. The van der Waals surface area contributed by atoms with Crippen molar-refractivity contribution in [2.45, 2.75) is 13.3 Å². The van der Waals surface area contributed by atoms with Gasteiger partial charge in [0, 0.05) is 25.8 Å². The molecule has 0 saturated heterocycles. The van der Waals surface area contributed by atoms with Gasteiger partial charge in [-0.15, -0.1) is 0 Å². The first kappa shape index (κ1) is 12.6. The minimum atomic E-state index is -0.00752. The monoisotopic (exact) mass is 195 g/mol. The Morgan fingerprint density at radius 2 is 2.21 bits per heavy atom. The summed E-state index contributed by atoms with van der Waals surface area (Å²) >= 11 is 0. The molecule has 4 N–H and O–H groups in total. The lowest BCUT2D eigenvalue weighted by atomic mass is 10.1. The summed E-state index contributed by atoms with van der Waals surface area (Å²) in [6.45, 7) is 1.85. The van der Waals surface area contributed by atoms with Crippen molar-refractivity contribution in [3.63, 3.8) is 0 Å². The molecule has 0 aromatic heterocycles. The Morgan fingerprint density at radius 3 is 2.64 bits per heavy atom. The van der Waals surface area contributed by atoms with Crippen molar-refractivity contribution >= 4 is 11.4 Å². The molecule has 0 spiro atoms. The Hall–Kier alpha value is -1.42. The highest BCUT2D eigenvalue weighted by Crippen LogP contribution is 1.94. The highest BCUT2D eigenvalue weighted by atomic mass is 16.3. The number of hydrogen-bond acceptors (Lipinski definition) is 4. The van der Waals surface area contributed by atoms with Gasteiger partial charge in [-0.1, -0.05) is 6.08 Å². The summed E-state index contributed by atoms with van der Waals surface area (Å²) in [5, 5.41) is 16.3. The lowest BCUT2D eigenvalue weighted by Crippen LogP contribution is -2.14. The van der Waals surface area contributed by atoms with Crippen LogP contribution >= 0.6 is 0 Å². The lowest BCUT2D eigenvalue weighted by Gasteiger charge is -2.01. The third-order valence-electron chi connectivity index (χ3n) is 1.60. The second-order valence-corrected chi connectivity index (χ2v) is 2.70. The van der Waals surface area contributed by atoms with E-state index in [2.05, 4.69) is 4.99 Å². The zero-order valence-corrected chi connectivity index (χ0v) is 8.62. The van der Waals surface area contributed by atoms with E-state index in [0.29, 0.717) is 17.8 Å². The zero-order valence-electron chi connectivity index (χ0n) is 8.62. The summed E-state index contributed by atoms with van der Waals surface area (Å²) in [7, 11) is 1.60. The number of nitrogens with zero attached hydrogens (tertiary/aromatic N) is 1. The first-order valence-corrected chi connectivity index (χ1v) is 4.41. The van der Waals surface area contributed by atoms with Crippen LogP contribution in [0.1, 0.15) is 13.3 Å². The quantitative estimate of drug-likeness (QED) is 0.449. The van der Waals surface area contributed by atoms with Crippen LogP contribution in [0.25, 0.3) is 0 Å². The normalized spacial score (nSPS) is 13.6. The molecule has 0 aromatic rings. The average molecular weight is 195 g/mol. The Morgan fingerprint density at radius 1 is 1.57 bits per heavy atom. The van der Waals surface area contributed by atoms with Gasteiger partial charge in [0.1, 0.15) is 0 Å². The number of aliphatic hydroxyl groups excluding tert-OH is 1. The Kier molecular flexibility index (Phi) is 6.32. The minimum Gasteiger partial charge on any atom is -0.399 e. The smallest absolute Gasteiger partial charge is 0.0771 e. The number of aliphatic imine (C=N–C) groups is 1. The fraction of sp³-hybridized carbons (Fsp3) is 0.400. The first-order chi connectivity index (χ1) is 6.65. The summed E-state index contributed by atoms with van der Waals surface area (Å²) < 4.78 is 0. The molecule has 0 aromatic carbocycles. The molecule has 0 unspecified atom stereocenters. The Bertz CT molecular complexity index is 277. The van der Waals surface area contributed by atoms with Gasteiger partial charge < -0.3 is 10.8 Å². The second kappa shape index (κ2) is 7.03. The summed E-state index contributed by atoms with van der Waals surface area (Å²) in [6.07, 6.45) is 5.42. The SMILES string of the molecule is C/C=C\C(N)=C/C(=N)C(CCO)=NC. The van der Waals surface area contributed by atoms with E-state index in [4.69, 9.17) is 16.2 Å². The summed E-state index contributed by atoms with van der Waals surface area (Å²) in [5.74, 6) is 0. The third kappa shape index (κ3) is 4.57. The van der Waals surface area contributed by atoms with Gasteiger partial charge in [0.15, 0.2) is 0 Å². The van der Waals surface area contributed by atoms with E-state index in [0.717, 1.165) is 0 Å².